The van der Waals surface area contributed by atoms with Gasteiger partial charge in [-0.25, -0.2) is 19.0 Å². The van der Waals surface area contributed by atoms with Crippen molar-refractivity contribution in [3.63, 3.8) is 0 Å². The van der Waals surface area contributed by atoms with Crippen molar-refractivity contribution in [1.82, 2.24) is 44.1 Å². The maximum atomic E-state index is 13.9. The molecule has 0 saturated heterocycles. The van der Waals surface area contributed by atoms with Crippen molar-refractivity contribution in [2.45, 2.75) is 6.92 Å². The van der Waals surface area contributed by atoms with Gasteiger partial charge < -0.3 is 5.32 Å². The molecule has 0 aliphatic carbocycles. The Morgan fingerprint density at radius 1 is 1.03 bits per heavy atom. The van der Waals surface area contributed by atoms with E-state index >= 15 is 0 Å². The molecule has 0 atom stereocenters. The molecule has 0 amide bonds. The minimum Gasteiger partial charge on any atom is -0.321 e. The Morgan fingerprint density at radius 3 is 2.77 bits per heavy atom. The van der Waals surface area contributed by atoms with Crippen LogP contribution in [0, 0.1) is 12.7 Å². The number of anilines is 2. The molecular formula is C24H19FN10. The molecular weight excluding hydrogens is 447 g/mol. The lowest BCUT2D eigenvalue weighted by Gasteiger charge is -2.07. The van der Waals surface area contributed by atoms with E-state index in [2.05, 4.69) is 35.7 Å². The first-order valence-electron chi connectivity index (χ1n) is 10.8. The first-order chi connectivity index (χ1) is 17.0. The molecule has 0 bridgehead atoms. The molecule has 35 heavy (non-hydrogen) atoms. The summed E-state index contributed by atoms with van der Waals surface area (Å²) < 4.78 is 19.1. The predicted octanol–water partition coefficient (Wildman–Crippen LogP) is 3.96. The van der Waals surface area contributed by atoms with Crippen LogP contribution in [-0.2, 0) is 7.05 Å². The van der Waals surface area contributed by atoms with Gasteiger partial charge in [0.1, 0.15) is 11.5 Å². The van der Waals surface area contributed by atoms with E-state index in [1.165, 1.54) is 12.1 Å². The van der Waals surface area contributed by atoms with Gasteiger partial charge in [-0.15, -0.1) is 10.2 Å². The van der Waals surface area contributed by atoms with Crippen LogP contribution in [-0.4, -0.2) is 44.1 Å². The van der Waals surface area contributed by atoms with Crippen molar-refractivity contribution in [1.29, 1.82) is 0 Å². The second kappa shape index (κ2) is 8.13. The van der Waals surface area contributed by atoms with E-state index in [4.69, 9.17) is 0 Å². The summed E-state index contributed by atoms with van der Waals surface area (Å²) in [5.41, 5.74) is 5.14. The summed E-state index contributed by atoms with van der Waals surface area (Å²) in [6, 6.07) is 13.9. The fourth-order valence-electron chi connectivity index (χ4n) is 3.88. The molecule has 6 aromatic rings. The SMILES string of the molecule is Cc1cc(-c2nnc3cc(-c4ccnc(Nc5cnn(C)c5)n4)ccn23)n(-c2cccc(F)c2)n1. The minimum absolute atomic E-state index is 0.334. The molecule has 1 aromatic carbocycles. The molecule has 5 aromatic heterocycles. The van der Waals surface area contributed by atoms with Crippen LogP contribution in [0.4, 0.5) is 16.0 Å². The van der Waals surface area contributed by atoms with Gasteiger partial charge in [-0.3, -0.25) is 9.08 Å². The number of rotatable bonds is 5. The Morgan fingerprint density at radius 2 is 1.94 bits per heavy atom. The number of nitrogens with zero attached hydrogens (tertiary/aromatic N) is 9. The van der Waals surface area contributed by atoms with Crippen molar-refractivity contribution in [3.05, 3.63) is 84.8 Å². The summed E-state index contributed by atoms with van der Waals surface area (Å²) in [4.78, 5) is 8.91. The fourth-order valence-corrected chi connectivity index (χ4v) is 3.88. The number of hydrogen-bond acceptors (Lipinski definition) is 7. The van der Waals surface area contributed by atoms with Crippen LogP contribution in [0.1, 0.15) is 5.69 Å². The van der Waals surface area contributed by atoms with Crippen molar-refractivity contribution in [3.8, 4) is 28.5 Å². The zero-order chi connectivity index (χ0) is 23.9. The van der Waals surface area contributed by atoms with Crippen LogP contribution in [0.5, 0.6) is 0 Å². The molecule has 0 aliphatic heterocycles. The average molecular weight is 466 g/mol. The third-order valence-corrected chi connectivity index (χ3v) is 5.44. The van der Waals surface area contributed by atoms with E-state index in [0.29, 0.717) is 28.8 Å². The number of halogens is 1. The van der Waals surface area contributed by atoms with Crippen molar-refractivity contribution in [2.24, 2.45) is 7.05 Å². The molecule has 0 unspecified atom stereocenters. The number of hydrogen-bond donors (Lipinski definition) is 1. The number of nitrogens with one attached hydrogen (secondary N) is 1. The Kier molecular flexibility index (Phi) is 4.80. The van der Waals surface area contributed by atoms with E-state index in [1.54, 1.807) is 33.9 Å². The molecule has 0 fully saturated rings. The molecule has 172 valence electrons. The maximum Gasteiger partial charge on any atom is 0.227 e. The first kappa shape index (κ1) is 20.7. The Hall–Kier alpha value is -4.93. The minimum atomic E-state index is -0.334. The van der Waals surface area contributed by atoms with Gasteiger partial charge in [0.15, 0.2) is 11.5 Å². The molecule has 0 radical (unpaired) electrons. The predicted molar refractivity (Wildman–Crippen MR) is 128 cm³/mol. The molecule has 0 spiro atoms. The highest BCUT2D eigenvalue weighted by Gasteiger charge is 2.17. The normalized spacial score (nSPS) is 11.3. The van der Waals surface area contributed by atoms with E-state index in [-0.39, 0.29) is 5.82 Å². The molecule has 0 aliphatic rings. The zero-order valence-electron chi connectivity index (χ0n) is 18.8. The summed E-state index contributed by atoms with van der Waals surface area (Å²) in [6.45, 7) is 1.88. The summed E-state index contributed by atoms with van der Waals surface area (Å²) >= 11 is 0. The molecule has 1 N–H and O–H groups in total. The summed E-state index contributed by atoms with van der Waals surface area (Å²) in [5.74, 6) is 0.726. The standard InChI is InChI=1S/C24H19FN10/c1-15-10-21(35(32-15)19-5-3-4-17(25)12-19)23-31-30-22-11-16(7-9-34(22)23)20-6-8-26-24(29-20)28-18-13-27-33(2)14-18/h3-14H,1-2H3,(H,26,28,29). The average Bonchev–Trinajstić information content (AvgIpc) is 3.56. The van der Waals surface area contributed by atoms with E-state index in [0.717, 1.165) is 22.6 Å². The van der Waals surface area contributed by atoms with Crippen LogP contribution in [0.2, 0.25) is 0 Å². The van der Waals surface area contributed by atoms with Gasteiger partial charge >= 0.3 is 0 Å². The van der Waals surface area contributed by atoms with Gasteiger partial charge in [-0.1, -0.05) is 6.07 Å². The topological polar surface area (TPSA) is 104 Å². The third-order valence-electron chi connectivity index (χ3n) is 5.44. The highest BCUT2D eigenvalue weighted by atomic mass is 19.1. The largest absolute Gasteiger partial charge is 0.321 e. The molecule has 10 nitrogen and oxygen atoms in total. The second-order valence-corrected chi connectivity index (χ2v) is 8.02. The van der Waals surface area contributed by atoms with Crippen LogP contribution in [0.3, 0.4) is 0 Å². The Labute approximate surface area is 198 Å². The molecule has 5 heterocycles. The van der Waals surface area contributed by atoms with Gasteiger partial charge in [0.2, 0.25) is 5.95 Å². The van der Waals surface area contributed by atoms with Gasteiger partial charge in [0, 0.05) is 31.2 Å². The number of benzene rings is 1. The van der Waals surface area contributed by atoms with Crippen LogP contribution < -0.4 is 5.32 Å². The summed E-state index contributed by atoms with van der Waals surface area (Å²) in [5, 5.41) is 20.6. The monoisotopic (exact) mass is 466 g/mol. The smallest absolute Gasteiger partial charge is 0.227 e. The van der Waals surface area contributed by atoms with Crippen LogP contribution in [0.15, 0.2) is 73.3 Å². The van der Waals surface area contributed by atoms with Gasteiger partial charge in [-0.2, -0.15) is 10.2 Å². The molecule has 6 rings (SSSR count). The Bertz CT molecular complexity index is 1680. The number of pyridine rings is 1. The molecule has 0 saturated carbocycles. The van der Waals surface area contributed by atoms with E-state index < -0.39 is 0 Å². The highest BCUT2D eigenvalue weighted by molar-refractivity contribution is 5.68. The van der Waals surface area contributed by atoms with Gasteiger partial charge in [0.25, 0.3) is 0 Å². The van der Waals surface area contributed by atoms with Crippen LogP contribution in [0.25, 0.3) is 34.1 Å². The maximum absolute atomic E-state index is 13.9. The lowest BCUT2D eigenvalue weighted by Crippen LogP contribution is -2.02. The number of aromatic nitrogens is 9. The number of fused-ring (bicyclic) bond motifs is 1. The van der Waals surface area contributed by atoms with Gasteiger partial charge in [0.05, 0.1) is 29.0 Å². The summed E-state index contributed by atoms with van der Waals surface area (Å²) in [6.07, 6.45) is 7.13. The fraction of sp³-hybridized carbons (Fsp3) is 0.0833. The molecule has 11 heteroatoms. The highest BCUT2D eigenvalue weighted by Crippen LogP contribution is 2.26. The second-order valence-electron chi connectivity index (χ2n) is 8.02. The van der Waals surface area contributed by atoms with Crippen molar-refractivity contribution < 1.29 is 4.39 Å². The Balaban J connectivity index is 1.37. The zero-order valence-corrected chi connectivity index (χ0v) is 18.8. The number of aryl methyl sites for hydroxylation is 2. The lowest BCUT2D eigenvalue weighted by atomic mass is 10.2. The van der Waals surface area contributed by atoms with E-state index in [9.17, 15) is 4.39 Å². The third kappa shape index (κ3) is 3.88. The lowest BCUT2D eigenvalue weighted by molar-refractivity contribution is 0.625. The van der Waals surface area contributed by atoms with Crippen LogP contribution >= 0.6 is 0 Å². The summed E-state index contributed by atoms with van der Waals surface area (Å²) in [7, 11) is 1.84. The van der Waals surface area contributed by atoms with Gasteiger partial charge in [-0.05, 0) is 49.4 Å². The first-order valence-corrected chi connectivity index (χ1v) is 10.8. The van der Waals surface area contributed by atoms with E-state index in [1.807, 2.05) is 55.0 Å². The van der Waals surface area contributed by atoms with Crippen molar-refractivity contribution in [2.75, 3.05) is 5.32 Å². The van der Waals surface area contributed by atoms with Crippen molar-refractivity contribution >= 4 is 17.3 Å². The quantitative estimate of drug-likeness (QED) is 0.410.